The molecule has 4 rings (SSSR count). The highest BCUT2D eigenvalue weighted by Gasteiger charge is 2.26. The van der Waals surface area contributed by atoms with Crippen molar-refractivity contribution in [1.29, 1.82) is 0 Å². The van der Waals surface area contributed by atoms with Gasteiger partial charge in [-0.1, -0.05) is 0 Å². The van der Waals surface area contributed by atoms with Crippen LogP contribution < -0.4 is 4.90 Å². The number of likely N-dealkylation sites (tertiary alicyclic amines) is 1. The van der Waals surface area contributed by atoms with Gasteiger partial charge in [0.05, 0.1) is 5.39 Å². The molecule has 2 aromatic heterocycles. The number of nitrogens with zero attached hydrogens (tertiary/aromatic N) is 4. The first-order valence-corrected chi connectivity index (χ1v) is 8.72. The average molecular weight is 302 g/mol. The number of piperidine rings is 1. The van der Waals surface area contributed by atoms with E-state index in [-0.39, 0.29) is 0 Å². The third-order valence-electron chi connectivity index (χ3n) is 5.05. The van der Waals surface area contributed by atoms with Crippen molar-refractivity contribution in [1.82, 2.24) is 14.9 Å². The van der Waals surface area contributed by atoms with Crippen molar-refractivity contribution < 1.29 is 0 Å². The average Bonchev–Trinajstić information content (AvgIpc) is 3.07. The number of aryl methyl sites for hydroxylation is 2. The molecule has 1 saturated heterocycles. The summed E-state index contributed by atoms with van der Waals surface area (Å²) >= 11 is 1.88. The maximum Gasteiger partial charge on any atom is 0.141 e. The number of thiophene rings is 1. The topological polar surface area (TPSA) is 32.3 Å². The first kappa shape index (κ1) is 13.5. The molecule has 1 aliphatic carbocycles. The van der Waals surface area contributed by atoms with Crippen LogP contribution >= 0.6 is 11.3 Å². The summed E-state index contributed by atoms with van der Waals surface area (Å²) in [6.07, 6.45) is 7.93. The Morgan fingerprint density at radius 3 is 2.86 bits per heavy atom. The van der Waals surface area contributed by atoms with Gasteiger partial charge in [-0.05, 0) is 57.8 Å². The van der Waals surface area contributed by atoms with Crippen molar-refractivity contribution in [2.75, 3.05) is 32.1 Å². The molecule has 0 N–H and O–H groups in total. The fraction of sp³-hybridized carbons (Fsp3) is 0.625. The summed E-state index contributed by atoms with van der Waals surface area (Å²) in [4.78, 5) is 16.7. The van der Waals surface area contributed by atoms with E-state index in [2.05, 4.69) is 33.9 Å². The normalized spacial score (nSPS) is 20.1. The van der Waals surface area contributed by atoms with Gasteiger partial charge in [-0.3, -0.25) is 0 Å². The van der Waals surface area contributed by atoms with Crippen LogP contribution in [0.3, 0.4) is 0 Å². The molecular weight excluding hydrogens is 280 g/mol. The van der Waals surface area contributed by atoms with Crippen LogP contribution in [-0.2, 0) is 12.8 Å². The van der Waals surface area contributed by atoms with E-state index in [4.69, 9.17) is 0 Å². The Labute approximate surface area is 129 Å². The molecule has 0 aromatic carbocycles. The molecule has 1 aliphatic heterocycles. The molecule has 2 aliphatic rings. The van der Waals surface area contributed by atoms with E-state index in [0.717, 1.165) is 5.82 Å². The van der Waals surface area contributed by atoms with E-state index >= 15 is 0 Å². The summed E-state index contributed by atoms with van der Waals surface area (Å²) < 4.78 is 0. The fourth-order valence-electron chi connectivity index (χ4n) is 3.73. The van der Waals surface area contributed by atoms with Crippen molar-refractivity contribution in [3.05, 3.63) is 16.8 Å². The van der Waals surface area contributed by atoms with Gasteiger partial charge in [0.25, 0.3) is 0 Å². The number of hydrogen-bond acceptors (Lipinski definition) is 5. The van der Waals surface area contributed by atoms with Gasteiger partial charge in [-0.15, -0.1) is 11.3 Å². The van der Waals surface area contributed by atoms with E-state index in [0.29, 0.717) is 6.04 Å². The molecule has 21 heavy (non-hydrogen) atoms. The van der Waals surface area contributed by atoms with Gasteiger partial charge in [0.2, 0.25) is 0 Å². The van der Waals surface area contributed by atoms with Gasteiger partial charge in [0, 0.05) is 18.0 Å². The van der Waals surface area contributed by atoms with E-state index in [1.54, 1.807) is 11.2 Å². The Hall–Kier alpha value is -1.20. The zero-order valence-corrected chi connectivity index (χ0v) is 13.6. The monoisotopic (exact) mass is 302 g/mol. The van der Waals surface area contributed by atoms with Crippen LogP contribution in [0.2, 0.25) is 0 Å². The first-order valence-electron chi connectivity index (χ1n) is 7.90. The number of anilines is 1. The highest BCUT2D eigenvalue weighted by molar-refractivity contribution is 7.19. The molecule has 0 spiro atoms. The highest BCUT2D eigenvalue weighted by Crippen LogP contribution is 2.40. The maximum atomic E-state index is 4.66. The van der Waals surface area contributed by atoms with Gasteiger partial charge in [0.1, 0.15) is 17.0 Å². The second-order valence-electron chi connectivity index (χ2n) is 6.38. The van der Waals surface area contributed by atoms with E-state index in [1.165, 1.54) is 61.0 Å². The SMILES string of the molecule is CN1CCC(N(C)c2ncnc3sc4c(c23)CCC4)CC1. The van der Waals surface area contributed by atoms with E-state index < -0.39 is 0 Å². The number of fused-ring (bicyclic) bond motifs is 3. The van der Waals surface area contributed by atoms with Crippen molar-refractivity contribution in [2.45, 2.75) is 38.1 Å². The molecule has 2 aromatic rings. The first-order chi connectivity index (χ1) is 10.2. The molecule has 0 saturated carbocycles. The van der Waals surface area contributed by atoms with Gasteiger partial charge in [0.15, 0.2) is 0 Å². The van der Waals surface area contributed by atoms with Gasteiger partial charge in [-0.2, -0.15) is 0 Å². The lowest BCUT2D eigenvalue weighted by Gasteiger charge is -2.36. The molecule has 0 unspecified atom stereocenters. The van der Waals surface area contributed by atoms with E-state index in [9.17, 15) is 0 Å². The number of hydrogen-bond donors (Lipinski definition) is 0. The minimum Gasteiger partial charge on any atom is -0.356 e. The Bertz CT molecular complexity index is 658. The molecular formula is C16H22N4S. The molecule has 1 fully saturated rings. The fourth-order valence-corrected chi connectivity index (χ4v) is 4.96. The van der Waals surface area contributed by atoms with E-state index in [1.807, 2.05) is 11.3 Å². The number of rotatable bonds is 2. The largest absolute Gasteiger partial charge is 0.356 e. The summed E-state index contributed by atoms with van der Waals surface area (Å²) in [7, 11) is 4.43. The minimum absolute atomic E-state index is 0.608. The third kappa shape index (κ3) is 2.23. The molecule has 0 radical (unpaired) electrons. The summed E-state index contributed by atoms with van der Waals surface area (Å²) in [5, 5.41) is 1.34. The molecule has 0 bridgehead atoms. The Kier molecular flexibility index (Phi) is 3.34. The Morgan fingerprint density at radius 1 is 1.24 bits per heavy atom. The predicted molar refractivity (Wildman–Crippen MR) is 88.4 cm³/mol. The zero-order chi connectivity index (χ0) is 14.4. The summed E-state index contributed by atoms with van der Waals surface area (Å²) in [6.45, 7) is 2.37. The highest BCUT2D eigenvalue weighted by atomic mass is 32.1. The van der Waals surface area contributed by atoms with Gasteiger partial charge >= 0.3 is 0 Å². The summed E-state index contributed by atoms with van der Waals surface area (Å²) in [6, 6.07) is 0.608. The van der Waals surface area contributed by atoms with Crippen LogP contribution in [0.1, 0.15) is 29.7 Å². The second kappa shape index (κ2) is 5.21. The Balaban J connectivity index is 1.72. The lowest BCUT2D eigenvalue weighted by molar-refractivity contribution is 0.252. The van der Waals surface area contributed by atoms with Crippen LogP contribution in [0.4, 0.5) is 5.82 Å². The van der Waals surface area contributed by atoms with Crippen molar-refractivity contribution in [3.8, 4) is 0 Å². The summed E-state index contributed by atoms with van der Waals surface area (Å²) in [5.41, 5.74) is 1.53. The molecule has 4 nitrogen and oxygen atoms in total. The smallest absolute Gasteiger partial charge is 0.141 e. The van der Waals surface area contributed by atoms with Crippen LogP contribution in [0, 0.1) is 0 Å². The van der Waals surface area contributed by atoms with Gasteiger partial charge < -0.3 is 9.80 Å². The standard InChI is InChI=1S/C16H22N4S/c1-19-8-6-11(7-9-19)20(2)15-14-12-4-3-5-13(12)21-16(14)18-10-17-15/h10-11H,3-9H2,1-2H3. The van der Waals surface area contributed by atoms with Crippen LogP contribution in [0.15, 0.2) is 6.33 Å². The molecule has 0 atom stereocenters. The molecule has 3 heterocycles. The van der Waals surface area contributed by atoms with Crippen LogP contribution in [0.5, 0.6) is 0 Å². The Morgan fingerprint density at radius 2 is 2.05 bits per heavy atom. The van der Waals surface area contributed by atoms with Crippen LogP contribution in [-0.4, -0.2) is 48.1 Å². The maximum absolute atomic E-state index is 4.66. The third-order valence-corrected chi connectivity index (χ3v) is 6.25. The van der Waals surface area contributed by atoms with Crippen molar-refractivity contribution in [2.24, 2.45) is 0 Å². The minimum atomic E-state index is 0.608. The lowest BCUT2D eigenvalue weighted by Crippen LogP contribution is -2.42. The molecule has 5 heteroatoms. The predicted octanol–water partition coefficient (Wildman–Crippen LogP) is 2.71. The second-order valence-corrected chi connectivity index (χ2v) is 7.46. The molecule has 0 amide bonds. The molecule has 112 valence electrons. The van der Waals surface area contributed by atoms with Gasteiger partial charge in [-0.25, -0.2) is 9.97 Å². The quantitative estimate of drug-likeness (QED) is 0.854. The lowest BCUT2D eigenvalue weighted by atomic mass is 10.0. The summed E-state index contributed by atoms with van der Waals surface area (Å²) in [5.74, 6) is 1.16. The number of aromatic nitrogens is 2. The van der Waals surface area contributed by atoms with Crippen molar-refractivity contribution in [3.63, 3.8) is 0 Å². The van der Waals surface area contributed by atoms with Crippen LogP contribution in [0.25, 0.3) is 10.2 Å². The van der Waals surface area contributed by atoms with Crippen molar-refractivity contribution >= 4 is 27.4 Å². The zero-order valence-electron chi connectivity index (χ0n) is 12.8.